The fourth-order valence-electron chi connectivity index (χ4n) is 1.23. The van der Waals surface area contributed by atoms with E-state index in [0.717, 1.165) is 12.8 Å². The predicted octanol–water partition coefficient (Wildman–Crippen LogP) is 2.31. The molecule has 1 aromatic heterocycles. The average molecular weight is 242 g/mol. The monoisotopic (exact) mass is 241 g/mol. The summed E-state index contributed by atoms with van der Waals surface area (Å²) in [5.74, 6) is 0.442. The van der Waals surface area contributed by atoms with Crippen molar-refractivity contribution in [2.45, 2.75) is 19.8 Å². The molecule has 0 saturated carbocycles. The van der Waals surface area contributed by atoms with Crippen LogP contribution in [0.3, 0.4) is 0 Å². The maximum atomic E-state index is 11.6. The minimum Gasteiger partial charge on any atom is -0.372 e. The Balaban J connectivity index is 2.66. The minimum atomic E-state index is -0.134. The van der Waals surface area contributed by atoms with E-state index in [9.17, 15) is 4.79 Å². The summed E-state index contributed by atoms with van der Waals surface area (Å²) in [6.07, 6.45) is 3.54. The van der Waals surface area contributed by atoms with Crippen LogP contribution in [0, 0.1) is 0 Å². The van der Waals surface area contributed by atoms with Gasteiger partial charge in [-0.25, -0.2) is 4.98 Å². The van der Waals surface area contributed by atoms with Crippen LogP contribution < -0.4 is 10.6 Å². The SMILES string of the molecule is CCCCNC(=O)c1cnc(NC)c(Cl)c1. The summed E-state index contributed by atoms with van der Waals surface area (Å²) in [5, 5.41) is 6.10. The van der Waals surface area contributed by atoms with Crippen molar-refractivity contribution in [1.29, 1.82) is 0 Å². The molecule has 0 bridgehead atoms. The van der Waals surface area contributed by atoms with E-state index in [2.05, 4.69) is 22.5 Å². The van der Waals surface area contributed by atoms with Crippen LogP contribution >= 0.6 is 11.6 Å². The normalized spacial score (nSPS) is 9.94. The predicted molar refractivity (Wildman–Crippen MR) is 66.0 cm³/mol. The van der Waals surface area contributed by atoms with Gasteiger partial charge in [-0.05, 0) is 12.5 Å². The summed E-state index contributed by atoms with van der Waals surface area (Å²) >= 11 is 5.93. The minimum absolute atomic E-state index is 0.134. The highest BCUT2D eigenvalue weighted by Gasteiger charge is 2.08. The molecule has 0 spiro atoms. The smallest absolute Gasteiger partial charge is 0.252 e. The molecule has 16 heavy (non-hydrogen) atoms. The Hall–Kier alpha value is -1.29. The van der Waals surface area contributed by atoms with Crippen LogP contribution in [0.2, 0.25) is 5.02 Å². The van der Waals surface area contributed by atoms with E-state index in [1.54, 1.807) is 13.1 Å². The molecule has 1 heterocycles. The van der Waals surface area contributed by atoms with Gasteiger partial charge in [-0.1, -0.05) is 24.9 Å². The van der Waals surface area contributed by atoms with E-state index in [1.165, 1.54) is 6.20 Å². The highest BCUT2D eigenvalue weighted by atomic mass is 35.5. The van der Waals surface area contributed by atoms with Crippen molar-refractivity contribution < 1.29 is 4.79 Å². The van der Waals surface area contributed by atoms with Crippen molar-refractivity contribution in [2.24, 2.45) is 0 Å². The van der Waals surface area contributed by atoms with Crippen LogP contribution in [0.25, 0.3) is 0 Å². The third kappa shape index (κ3) is 3.38. The summed E-state index contributed by atoms with van der Waals surface area (Å²) in [4.78, 5) is 15.7. The summed E-state index contributed by atoms with van der Waals surface area (Å²) in [6.45, 7) is 2.76. The summed E-state index contributed by atoms with van der Waals surface area (Å²) in [6, 6.07) is 1.61. The molecule has 0 aromatic carbocycles. The van der Waals surface area contributed by atoms with Gasteiger partial charge in [0.1, 0.15) is 5.82 Å². The Morgan fingerprint density at radius 1 is 1.56 bits per heavy atom. The van der Waals surface area contributed by atoms with Crippen LogP contribution in [0.4, 0.5) is 5.82 Å². The Bertz CT molecular complexity index is 368. The van der Waals surface area contributed by atoms with Gasteiger partial charge in [0.25, 0.3) is 5.91 Å². The van der Waals surface area contributed by atoms with Gasteiger partial charge in [-0.3, -0.25) is 4.79 Å². The number of anilines is 1. The molecule has 4 nitrogen and oxygen atoms in total. The molecule has 2 N–H and O–H groups in total. The first kappa shape index (κ1) is 12.8. The van der Waals surface area contributed by atoms with Crippen molar-refractivity contribution in [1.82, 2.24) is 10.3 Å². The third-order valence-corrected chi connectivity index (χ3v) is 2.44. The number of hydrogen-bond acceptors (Lipinski definition) is 3. The van der Waals surface area contributed by atoms with E-state index in [0.29, 0.717) is 22.9 Å². The van der Waals surface area contributed by atoms with Gasteiger partial charge in [0.15, 0.2) is 0 Å². The molecule has 5 heteroatoms. The van der Waals surface area contributed by atoms with Crippen LogP contribution in [0.15, 0.2) is 12.3 Å². The van der Waals surface area contributed by atoms with Gasteiger partial charge < -0.3 is 10.6 Å². The van der Waals surface area contributed by atoms with Crippen LogP contribution in [-0.4, -0.2) is 24.5 Å². The topological polar surface area (TPSA) is 54.0 Å². The highest BCUT2D eigenvalue weighted by Crippen LogP contribution is 2.19. The number of pyridine rings is 1. The molecule has 0 atom stereocenters. The van der Waals surface area contributed by atoms with Crippen molar-refractivity contribution in [2.75, 3.05) is 18.9 Å². The van der Waals surface area contributed by atoms with Gasteiger partial charge in [-0.15, -0.1) is 0 Å². The van der Waals surface area contributed by atoms with Gasteiger partial charge in [-0.2, -0.15) is 0 Å². The molecule has 88 valence electrons. The van der Waals surface area contributed by atoms with Gasteiger partial charge >= 0.3 is 0 Å². The van der Waals surface area contributed by atoms with E-state index in [1.807, 2.05) is 0 Å². The Morgan fingerprint density at radius 2 is 2.31 bits per heavy atom. The molecule has 0 unspecified atom stereocenters. The van der Waals surface area contributed by atoms with E-state index >= 15 is 0 Å². The molecule has 0 radical (unpaired) electrons. The average Bonchev–Trinajstić information content (AvgIpc) is 2.29. The molecular weight excluding hydrogens is 226 g/mol. The second kappa shape index (κ2) is 6.33. The number of carbonyl (C=O) groups is 1. The van der Waals surface area contributed by atoms with Crippen molar-refractivity contribution in [3.8, 4) is 0 Å². The standard InChI is InChI=1S/C11H16ClN3O/c1-3-4-5-14-11(16)8-6-9(12)10(13-2)15-7-8/h6-7H,3-5H2,1-2H3,(H,13,15)(H,14,16). The number of hydrogen-bond donors (Lipinski definition) is 2. The molecule has 1 rings (SSSR count). The lowest BCUT2D eigenvalue weighted by molar-refractivity contribution is 0.0953. The number of aromatic nitrogens is 1. The number of nitrogens with one attached hydrogen (secondary N) is 2. The summed E-state index contributed by atoms with van der Waals surface area (Å²) in [5.41, 5.74) is 0.486. The molecule has 0 fully saturated rings. The van der Waals surface area contributed by atoms with Crippen LogP contribution in [0.1, 0.15) is 30.1 Å². The van der Waals surface area contributed by atoms with Gasteiger partial charge in [0.2, 0.25) is 0 Å². The number of rotatable bonds is 5. The number of carbonyl (C=O) groups excluding carboxylic acids is 1. The summed E-state index contributed by atoms with van der Waals surface area (Å²) in [7, 11) is 1.73. The fraction of sp³-hybridized carbons (Fsp3) is 0.455. The molecule has 0 aliphatic rings. The zero-order valence-corrected chi connectivity index (χ0v) is 10.3. The second-order valence-electron chi connectivity index (χ2n) is 3.41. The van der Waals surface area contributed by atoms with Crippen molar-refractivity contribution >= 4 is 23.3 Å². The largest absolute Gasteiger partial charge is 0.372 e. The molecule has 1 aromatic rings. The van der Waals surface area contributed by atoms with E-state index in [-0.39, 0.29) is 5.91 Å². The van der Waals surface area contributed by atoms with E-state index < -0.39 is 0 Å². The van der Waals surface area contributed by atoms with Crippen LogP contribution in [-0.2, 0) is 0 Å². The molecular formula is C11H16ClN3O. The Labute approximate surface area is 100 Å². The molecule has 1 amide bonds. The molecule has 0 saturated heterocycles. The van der Waals surface area contributed by atoms with Gasteiger partial charge in [0, 0.05) is 19.8 Å². The fourth-order valence-corrected chi connectivity index (χ4v) is 1.49. The molecule has 0 aliphatic carbocycles. The first-order valence-electron chi connectivity index (χ1n) is 5.30. The van der Waals surface area contributed by atoms with Crippen molar-refractivity contribution in [3.63, 3.8) is 0 Å². The van der Waals surface area contributed by atoms with E-state index in [4.69, 9.17) is 11.6 Å². The molecule has 0 aliphatic heterocycles. The number of halogens is 1. The lowest BCUT2D eigenvalue weighted by atomic mass is 10.2. The number of unbranched alkanes of at least 4 members (excludes halogenated alkanes) is 1. The lowest BCUT2D eigenvalue weighted by Crippen LogP contribution is -2.24. The van der Waals surface area contributed by atoms with Gasteiger partial charge in [0.05, 0.1) is 10.6 Å². The first-order chi connectivity index (χ1) is 7.69. The van der Waals surface area contributed by atoms with Crippen LogP contribution in [0.5, 0.6) is 0 Å². The number of nitrogens with zero attached hydrogens (tertiary/aromatic N) is 1. The second-order valence-corrected chi connectivity index (χ2v) is 3.82. The maximum Gasteiger partial charge on any atom is 0.252 e. The Kier molecular flexibility index (Phi) is 5.05. The number of amides is 1. The lowest BCUT2D eigenvalue weighted by Gasteiger charge is -2.06. The zero-order valence-electron chi connectivity index (χ0n) is 9.51. The van der Waals surface area contributed by atoms with Crippen molar-refractivity contribution in [3.05, 3.63) is 22.8 Å². The first-order valence-corrected chi connectivity index (χ1v) is 5.68. The zero-order chi connectivity index (χ0) is 12.0. The summed E-state index contributed by atoms with van der Waals surface area (Å²) < 4.78 is 0. The Morgan fingerprint density at radius 3 is 2.88 bits per heavy atom. The highest BCUT2D eigenvalue weighted by molar-refractivity contribution is 6.33. The quantitative estimate of drug-likeness (QED) is 0.778. The third-order valence-electron chi connectivity index (χ3n) is 2.16. The maximum absolute atomic E-state index is 11.6.